The number of hydrogen-bond acceptors (Lipinski definition) is 3. The highest BCUT2D eigenvalue weighted by Gasteiger charge is 2.10. The van der Waals surface area contributed by atoms with Gasteiger partial charge in [-0.1, -0.05) is 102 Å². The van der Waals surface area contributed by atoms with E-state index < -0.39 is 0 Å². The van der Waals surface area contributed by atoms with Crippen LogP contribution in [0.15, 0.2) is 48.5 Å². The van der Waals surface area contributed by atoms with Crippen molar-refractivity contribution in [3.63, 3.8) is 0 Å². The van der Waals surface area contributed by atoms with Crippen LogP contribution in [0.3, 0.4) is 0 Å². The minimum Gasteiger partial charge on any atom is -0.490 e. The zero-order valence-electron chi connectivity index (χ0n) is 21.1. The number of ether oxygens (including phenoxy) is 2. The second-order valence-electron chi connectivity index (χ2n) is 9.16. The van der Waals surface area contributed by atoms with Crippen LogP contribution >= 0.6 is 0 Å². The van der Waals surface area contributed by atoms with Gasteiger partial charge in [0.1, 0.15) is 18.5 Å². The van der Waals surface area contributed by atoms with Gasteiger partial charge in [0.15, 0.2) is 0 Å². The standard InChI is InChI=1S/C30H44O3/c1-4-6-8-10-12-14-26-16-18-27(19-17-26)28-20-22-29(23-21-28)32-24-25(3)33-30(31)15-13-11-9-7-5-2/h16-23,25H,4-15,24H2,1-3H3. The summed E-state index contributed by atoms with van der Waals surface area (Å²) in [6.45, 7) is 6.70. The molecule has 3 nitrogen and oxygen atoms in total. The average molecular weight is 453 g/mol. The smallest absolute Gasteiger partial charge is 0.306 e. The number of unbranched alkanes of at least 4 members (excludes halogenated alkanes) is 8. The molecule has 0 aliphatic rings. The Bertz CT molecular complexity index is 764. The van der Waals surface area contributed by atoms with Gasteiger partial charge in [0, 0.05) is 6.42 Å². The fraction of sp³-hybridized carbons (Fsp3) is 0.567. The minimum atomic E-state index is -0.248. The van der Waals surface area contributed by atoms with Gasteiger partial charge in [0.05, 0.1) is 0 Å². The first-order chi connectivity index (χ1) is 16.1. The number of hydrogen-bond donors (Lipinski definition) is 0. The van der Waals surface area contributed by atoms with Crippen LogP contribution in [0.2, 0.25) is 0 Å². The SMILES string of the molecule is CCCCCCCC(=O)OC(C)COc1ccc(-c2ccc(CCCCCCC)cc2)cc1. The quantitative estimate of drug-likeness (QED) is 0.178. The molecule has 0 bridgehead atoms. The molecule has 0 saturated carbocycles. The van der Waals surface area contributed by atoms with Crippen LogP contribution in [0.5, 0.6) is 5.75 Å². The van der Waals surface area contributed by atoms with E-state index in [-0.39, 0.29) is 12.1 Å². The lowest BCUT2D eigenvalue weighted by molar-refractivity contribution is -0.149. The molecule has 0 aliphatic carbocycles. The number of carbonyl (C=O) groups excluding carboxylic acids is 1. The first-order valence-corrected chi connectivity index (χ1v) is 13.1. The number of aryl methyl sites for hydroxylation is 1. The van der Waals surface area contributed by atoms with Crippen molar-refractivity contribution in [2.45, 2.75) is 104 Å². The lowest BCUT2D eigenvalue weighted by Crippen LogP contribution is -2.21. The van der Waals surface area contributed by atoms with Crippen molar-refractivity contribution < 1.29 is 14.3 Å². The van der Waals surface area contributed by atoms with Gasteiger partial charge in [-0.2, -0.15) is 0 Å². The highest BCUT2D eigenvalue weighted by molar-refractivity contribution is 5.69. The Morgan fingerprint density at radius 1 is 0.727 bits per heavy atom. The van der Waals surface area contributed by atoms with Crippen molar-refractivity contribution in [1.29, 1.82) is 0 Å². The molecule has 2 aromatic rings. The van der Waals surface area contributed by atoms with Gasteiger partial charge < -0.3 is 9.47 Å². The maximum Gasteiger partial charge on any atom is 0.306 e. The summed E-state index contributed by atoms with van der Waals surface area (Å²) in [5, 5.41) is 0. The van der Waals surface area contributed by atoms with E-state index >= 15 is 0 Å². The number of benzene rings is 2. The topological polar surface area (TPSA) is 35.5 Å². The first kappa shape index (κ1) is 27.0. The second-order valence-corrected chi connectivity index (χ2v) is 9.16. The van der Waals surface area contributed by atoms with Crippen LogP contribution in [-0.4, -0.2) is 18.7 Å². The highest BCUT2D eigenvalue weighted by Crippen LogP contribution is 2.23. The molecule has 1 unspecified atom stereocenters. The Kier molecular flexibility index (Phi) is 13.4. The molecule has 1 atom stereocenters. The zero-order valence-corrected chi connectivity index (χ0v) is 21.1. The Balaban J connectivity index is 1.70. The monoisotopic (exact) mass is 452 g/mol. The van der Waals surface area contributed by atoms with E-state index in [1.54, 1.807) is 0 Å². The lowest BCUT2D eigenvalue weighted by Gasteiger charge is -2.15. The van der Waals surface area contributed by atoms with Crippen molar-refractivity contribution in [2.75, 3.05) is 6.61 Å². The summed E-state index contributed by atoms with van der Waals surface area (Å²) in [7, 11) is 0. The van der Waals surface area contributed by atoms with Crippen LogP contribution in [0.4, 0.5) is 0 Å². The van der Waals surface area contributed by atoms with E-state index in [9.17, 15) is 4.79 Å². The van der Waals surface area contributed by atoms with Gasteiger partial charge in [0.2, 0.25) is 0 Å². The lowest BCUT2D eigenvalue weighted by atomic mass is 10.0. The Labute approximate surface area is 201 Å². The first-order valence-electron chi connectivity index (χ1n) is 13.1. The molecule has 0 radical (unpaired) electrons. The molecule has 33 heavy (non-hydrogen) atoms. The fourth-order valence-electron chi connectivity index (χ4n) is 3.94. The number of rotatable bonds is 17. The molecule has 0 spiro atoms. The molecule has 2 aromatic carbocycles. The molecule has 182 valence electrons. The van der Waals surface area contributed by atoms with Gasteiger partial charge in [0.25, 0.3) is 0 Å². The van der Waals surface area contributed by atoms with Crippen LogP contribution in [0.1, 0.15) is 97.0 Å². The van der Waals surface area contributed by atoms with Crippen LogP contribution < -0.4 is 4.74 Å². The van der Waals surface area contributed by atoms with Gasteiger partial charge in [-0.05, 0) is 55.0 Å². The molecule has 0 amide bonds. The van der Waals surface area contributed by atoms with E-state index in [0.29, 0.717) is 13.0 Å². The summed E-state index contributed by atoms with van der Waals surface area (Å²) in [4.78, 5) is 11.9. The van der Waals surface area contributed by atoms with Crippen molar-refractivity contribution in [3.8, 4) is 16.9 Å². The summed E-state index contributed by atoms with van der Waals surface area (Å²) in [5.41, 5.74) is 3.82. The maximum absolute atomic E-state index is 11.9. The Hall–Kier alpha value is -2.29. The van der Waals surface area contributed by atoms with Crippen molar-refractivity contribution in [2.24, 2.45) is 0 Å². The summed E-state index contributed by atoms with van der Waals surface area (Å²) >= 11 is 0. The second kappa shape index (κ2) is 16.3. The van der Waals surface area contributed by atoms with E-state index in [1.165, 1.54) is 74.5 Å². The summed E-state index contributed by atoms with van der Waals surface area (Å²) in [5.74, 6) is 0.673. The normalized spacial score (nSPS) is 11.8. The predicted octanol–water partition coefficient (Wildman–Crippen LogP) is 8.54. The maximum atomic E-state index is 11.9. The van der Waals surface area contributed by atoms with Gasteiger partial charge in [-0.3, -0.25) is 4.79 Å². The van der Waals surface area contributed by atoms with Crippen LogP contribution in [0.25, 0.3) is 11.1 Å². The van der Waals surface area contributed by atoms with E-state index in [1.807, 2.05) is 19.1 Å². The fourth-order valence-corrected chi connectivity index (χ4v) is 3.94. The molecule has 0 heterocycles. The zero-order chi connectivity index (χ0) is 23.7. The molecule has 0 N–H and O–H groups in total. The third-order valence-corrected chi connectivity index (χ3v) is 6.01. The van der Waals surface area contributed by atoms with E-state index in [4.69, 9.17) is 9.47 Å². The van der Waals surface area contributed by atoms with Crippen LogP contribution in [-0.2, 0) is 16.0 Å². The summed E-state index contributed by atoms with van der Waals surface area (Å²) in [6.07, 6.45) is 13.7. The average Bonchev–Trinajstić information content (AvgIpc) is 2.83. The third kappa shape index (κ3) is 11.4. The third-order valence-electron chi connectivity index (χ3n) is 6.01. The van der Waals surface area contributed by atoms with Crippen molar-refractivity contribution in [1.82, 2.24) is 0 Å². The summed E-state index contributed by atoms with van der Waals surface area (Å²) in [6, 6.07) is 17.1. The minimum absolute atomic E-state index is 0.123. The Morgan fingerprint density at radius 2 is 1.27 bits per heavy atom. The predicted molar refractivity (Wildman–Crippen MR) is 139 cm³/mol. The Morgan fingerprint density at radius 3 is 1.88 bits per heavy atom. The van der Waals surface area contributed by atoms with Gasteiger partial charge in [-0.25, -0.2) is 0 Å². The molecular formula is C30H44O3. The van der Waals surface area contributed by atoms with Crippen LogP contribution in [0, 0.1) is 0 Å². The molecular weight excluding hydrogens is 408 g/mol. The number of carbonyl (C=O) groups is 1. The van der Waals surface area contributed by atoms with E-state index in [0.717, 1.165) is 18.6 Å². The molecule has 0 aliphatic heterocycles. The molecule has 0 saturated heterocycles. The van der Waals surface area contributed by atoms with Crippen molar-refractivity contribution >= 4 is 5.97 Å². The van der Waals surface area contributed by atoms with Gasteiger partial charge >= 0.3 is 5.97 Å². The molecule has 3 heteroatoms. The molecule has 0 fully saturated rings. The van der Waals surface area contributed by atoms with E-state index in [2.05, 4.69) is 50.2 Å². The largest absolute Gasteiger partial charge is 0.490 e. The molecule has 0 aromatic heterocycles. The van der Waals surface area contributed by atoms with Gasteiger partial charge in [-0.15, -0.1) is 0 Å². The number of esters is 1. The molecule has 2 rings (SSSR count). The van der Waals surface area contributed by atoms with Crippen molar-refractivity contribution in [3.05, 3.63) is 54.1 Å². The highest BCUT2D eigenvalue weighted by atomic mass is 16.6. The summed E-state index contributed by atoms with van der Waals surface area (Å²) < 4.78 is 11.3.